The number of thiophene rings is 1. The van der Waals surface area contributed by atoms with Crippen molar-refractivity contribution in [3.63, 3.8) is 0 Å². The Balaban J connectivity index is 1.61. The predicted molar refractivity (Wildman–Crippen MR) is 89.5 cm³/mol. The van der Waals surface area contributed by atoms with E-state index in [2.05, 4.69) is 0 Å². The summed E-state index contributed by atoms with van der Waals surface area (Å²) in [7, 11) is 1.78. The van der Waals surface area contributed by atoms with Gasteiger partial charge in [-0.3, -0.25) is 9.59 Å². The molecule has 122 valence electrons. The lowest BCUT2D eigenvalue weighted by molar-refractivity contribution is -0.127. The van der Waals surface area contributed by atoms with Crippen LogP contribution in [0.2, 0.25) is 0 Å². The maximum Gasteiger partial charge on any atom is 0.263 e. The van der Waals surface area contributed by atoms with Crippen LogP contribution >= 0.6 is 11.3 Å². The molecule has 0 aliphatic carbocycles. The van der Waals surface area contributed by atoms with Crippen molar-refractivity contribution in [1.82, 2.24) is 9.80 Å². The molecule has 0 aromatic carbocycles. The summed E-state index contributed by atoms with van der Waals surface area (Å²) in [5.41, 5.74) is 0. The molecule has 0 N–H and O–H groups in total. The molecule has 0 unspecified atom stereocenters. The van der Waals surface area contributed by atoms with Crippen LogP contribution in [-0.4, -0.2) is 48.3 Å². The van der Waals surface area contributed by atoms with Crippen LogP contribution in [0.4, 0.5) is 0 Å². The van der Waals surface area contributed by atoms with Crippen molar-refractivity contribution in [3.05, 3.63) is 34.9 Å². The molecule has 1 saturated heterocycles. The average molecular weight is 332 g/mol. The third-order valence-electron chi connectivity index (χ3n) is 4.02. The van der Waals surface area contributed by atoms with Crippen LogP contribution in [0.15, 0.2) is 28.7 Å². The van der Waals surface area contributed by atoms with E-state index in [-0.39, 0.29) is 11.8 Å². The molecule has 3 rings (SSSR count). The summed E-state index contributed by atoms with van der Waals surface area (Å²) < 4.78 is 5.59. The van der Waals surface area contributed by atoms with Gasteiger partial charge in [0.2, 0.25) is 5.91 Å². The number of amides is 2. The number of likely N-dealkylation sites (N-methyl/N-ethyl adjacent to an activating group) is 1. The minimum atomic E-state index is -0.0174. The average Bonchev–Trinajstić information content (AvgIpc) is 3.25. The molecule has 0 radical (unpaired) electrons. The summed E-state index contributed by atoms with van der Waals surface area (Å²) in [6, 6.07) is 7.57. The zero-order valence-electron chi connectivity index (χ0n) is 13.4. The van der Waals surface area contributed by atoms with Crippen LogP contribution in [0.25, 0.3) is 10.6 Å². The molecule has 1 fully saturated rings. The Hall–Kier alpha value is -2.08. The summed E-state index contributed by atoms with van der Waals surface area (Å²) >= 11 is 1.43. The molecular weight excluding hydrogens is 312 g/mol. The molecule has 23 heavy (non-hydrogen) atoms. The molecule has 0 saturated carbocycles. The van der Waals surface area contributed by atoms with E-state index in [9.17, 15) is 9.59 Å². The first kappa shape index (κ1) is 15.8. The largest absolute Gasteiger partial charge is 0.461 e. The second-order valence-corrected chi connectivity index (χ2v) is 6.87. The topological polar surface area (TPSA) is 53.8 Å². The molecule has 1 aliphatic rings. The van der Waals surface area contributed by atoms with E-state index in [1.165, 1.54) is 11.3 Å². The van der Waals surface area contributed by atoms with E-state index in [0.717, 1.165) is 29.4 Å². The minimum Gasteiger partial charge on any atom is -0.461 e. The molecule has 1 aliphatic heterocycles. The van der Waals surface area contributed by atoms with Gasteiger partial charge < -0.3 is 14.2 Å². The van der Waals surface area contributed by atoms with E-state index in [0.29, 0.717) is 24.4 Å². The van der Waals surface area contributed by atoms with Gasteiger partial charge in [-0.1, -0.05) is 0 Å². The number of likely N-dealkylation sites (tertiary alicyclic amines) is 1. The number of rotatable bonds is 5. The van der Waals surface area contributed by atoms with Crippen molar-refractivity contribution in [2.24, 2.45) is 0 Å². The first-order valence-electron chi connectivity index (χ1n) is 7.74. The summed E-state index contributed by atoms with van der Waals surface area (Å²) in [6.45, 7) is 3.87. The number of furan rings is 1. The van der Waals surface area contributed by atoms with Crippen LogP contribution < -0.4 is 0 Å². The SMILES string of the molecule is Cc1ccc(-c2ccc(C(=O)N(C)CCN3CCCC3=O)s2)o1. The maximum absolute atomic E-state index is 12.5. The summed E-state index contributed by atoms with van der Waals surface area (Å²) in [6.07, 6.45) is 1.56. The fourth-order valence-corrected chi connectivity index (χ4v) is 3.62. The molecule has 3 heterocycles. The lowest BCUT2D eigenvalue weighted by atomic mass is 10.3. The van der Waals surface area contributed by atoms with Gasteiger partial charge in [-0.25, -0.2) is 0 Å². The second-order valence-electron chi connectivity index (χ2n) is 5.79. The molecule has 0 atom stereocenters. The third-order valence-corrected chi connectivity index (χ3v) is 5.11. The lowest BCUT2D eigenvalue weighted by Crippen LogP contribution is -2.36. The monoisotopic (exact) mass is 332 g/mol. The lowest BCUT2D eigenvalue weighted by Gasteiger charge is -2.21. The normalized spacial score (nSPS) is 14.5. The standard InChI is InChI=1S/C17H20N2O3S/c1-12-5-6-13(22-12)14-7-8-15(23-14)17(21)18(2)10-11-19-9-3-4-16(19)20/h5-8H,3-4,9-11H2,1-2H3. The number of carbonyl (C=O) groups is 2. The summed E-state index contributed by atoms with van der Waals surface area (Å²) in [5.74, 6) is 1.82. The number of carbonyl (C=O) groups excluding carboxylic acids is 2. The molecule has 2 aromatic rings. The smallest absolute Gasteiger partial charge is 0.263 e. The van der Waals surface area contributed by atoms with Gasteiger partial charge >= 0.3 is 0 Å². The van der Waals surface area contributed by atoms with E-state index >= 15 is 0 Å². The Morgan fingerprint density at radius 2 is 2.17 bits per heavy atom. The molecular formula is C17H20N2O3S. The van der Waals surface area contributed by atoms with Crippen molar-refractivity contribution in [3.8, 4) is 10.6 Å². The molecule has 2 aromatic heterocycles. The Kier molecular flexibility index (Phi) is 4.52. The van der Waals surface area contributed by atoms with Gasteiger partial charge in [-0.05, 0) is 37.6 Å². The fourth-order valence-electron chi connectivity index (χ4n) is 2.65. The first-order valence-corrected chi connectivity index (χ1v) is 8.56. The van der Waals surface area contributed by atoms with E-state index in [1.807, 2.05) is 36.1 Å². The minimum absolute atomic E-state index is 0.0174. The summed E-state index contributed by atoms with van der Waals surface area (Å²) in [4.78, 5) is 29.2. The number of aryl methyl sites for hydroxylation is 1. The van der Waals surface area contributed by atoms with Gasteiger partial charge in [0.1, 0.15) is 11.5 Å². The number of nitrogens with zero attached hydrogens (tertiary/aromatic N) is 2. The molecule has 6 heteroatoms. The highest BCUT2D eigenvalue weighted by molar-refractivity contribution is 7.17. The highest BCUT2D eigenvalue weighted by atomic mass is 32.1. The van der Waals surface area contributed by atoms with Crippen molar-refractivity contribution >= 4 is 23.2 Å². The van der Waals surface area contributed by atoms with Crippen LogP contribution in [0.5, 0.6) is 0 Å². The van der Waals surface area contributed by atoms with Gasteiger partial charge in [0.05, 0.1) is 9.75 Å². The van der Waals surface area contributed by atoms with Crippen LogP contribution in [-0.2, 0) is 4.79 Å². The Morgan fingerprint density at radius 3 is 2.83 bits per heavy atom. The Morgan fingerprint density at radius 1 is 1.35 bits per heavy atom. The third kappa shape index (κ3) is 3.47. The highest BCUT2D eigenvalue weighted by Gasteiger charge is 2.21. The number of hydrogen-bond donors (Lipinski definition) is 0. The quantitative estimate of drug-likeness (QED) is 0.846. The second kappa shape index (κ2) is 6.58. The molecule has 0 spiro atoms. The van der Waals surface area contributed by atoms with E-state index < -0.39 is 0 Å². The predicted octanol–water partition coefficient (Wildman–Crippen LogP) is 3.01. The van der Waals surface area contributed by atoms with Gasteiger partial charge in [0.25, 0.3) is 5.91 Å². The van der Waals surface area contributed by atoms with Gasteiger partial charge in [-0.15, -0.1) is 11.3 Å². The van der Waals surface area contributed by atoms with Gasteiger partial charge in [0.15, 0.2) is 0 Å². The van der Waals surface area contributed by atoms with Gasteiger partial charge in [0, 0.05) is 33.1 Å². The van der Waals surface area contributed by atoms with Crippen LogP contribution in [0.1, 0.15) is 28.3 Å². The van der Waals surface area contributed by atoms with Gasteiger partial charge in [-0.2, -0.15) is 0 Å². The summed E-state index contributed by atoms with van der Waals surface area (Å²) in [5, 5.41) is 0. The van der Waals surface area contributed by atoms with Crippen molar-refractivity contribution in [2.45, 2.75) is 19.8 Å². The Labute approximate surface area is 139 Å². The highest BCUT2D eigenvalue weighted by Crippen LogP contribution is 2.30. The molecule has 5 nitrogen and oxygen atoms in total. The van der Waals surface area contributed by atoms with Crippen molar-refractivity contribution in [1.29, 1.82) is 0 Å². The Bertz CT molecular complexity index is 719. The van der Waals surface area contributed by atoms with Crippen LogP contribution in [0, 0.1) is 6.92 Å². The zero-order valence-corrected chi connectivity index (χ0v) is 14.2. The van der Waals surface area contributed by atoms with E-state index in [1.54, 1.807) is 11.9 Å². The molecule has 0 bridgehead atoms. The fraction of sp³-hybridized carbons (Fsp3) is 0.412. The first-order chi connectivity index (χ1) is 11.0. The van der Waals surface area contributed by atoms with Crippen molar-refractivity contribution in [2.75, 3.05) is 26.7 Å². The number of hydrogen-bond acceptors (Lipinski definition) is 4. The van der Waals surface area contributed by atoms with Crippen molar-refractivity contribution < 1.29 is 14.0 Å². The molecule has 2 amide bonds. The van der Waals surface area contributed by atoms with Crippen LogP contribution in [0.3, 0.4) is 0 Å². The maximum atomic E-state index is 12.5. The zero-order chi connectivity index (χ0) is 16.4. The van der Waals surface area contributed by atoms with E-state index in [4.69, 9.17) is 4.42 Å².